The molecule has 0 saturated carbocycles. The van der Waals surface area contributed by atoms with Crippen molar-refractivity contribution in [1.82, 2.24) is 5.32 Å². The number of nitrogens with one attached hydrogen (secondary N) is 1. The van der Waals surface area contributed by atoms with Crippen LogP contribution in [0.4, 0.5) is 0 Å². The molecule has 3 nitrogen and oxygen atoms in total. The molecule has 1 rings (SSSR count). The van der Waals surface area contributed by atoms with E-state index in [2.05, 4.69) is 18.5 Å². The second-order valence-corrected chi connectivity index (χ2v) is 5.13. The highest BCUT2D eigenvalue weighted by Crippen LogP contribution is 2.19. The Morgan fingerprint density at radius 3 is 2.88 bits per heavy atom. The minimum Gasteiger partial charge on any atom is -0.508 e. The summed E-state index contributed by atoms with van der Waals surface area (Å²) in [6, 6.07) is 4.99. The lowest BCUT2D eigenvalue weighted by Crippen LogP contribution is -2.29. The van der Waals surface area contributed by atoms with E-state index in [9.17, 15) is 9.90 Å². The summed E-state index contributed by atoms with van der Waals surface area (Å²) in [6.45, 7) is 4.51. The van der Waals surface area contributed by atoms with Gasteiger partial charge in [0.05, 0.1) is 0 Å². The molecule has 1 atom stereocenters. The Bertz CT molecular complexity index is 393. The van der Waals surface area contributed by atoms with Gasteiger partial charge in [-0.1, -0.05) is 13.0 Å². The van der Waals surface area contributed by atoms with Crippen LogP contribution in [0.2, 0.25) is 0 Å². The molecule has 0 aliphatic carbocycles. The number of benzene rings is 1. The molecule has 0 bridgehead atoms. The van der Waals surface area contributed by atoms with E-state index in [1.54, 1.807) is 36.9 Å². The van der Waals surface area contributed by atoms with Crippen LogP contribution < -0.4 is 5.32 Å². The minimum absolute atomic E-state index is 0.119. The number of phenolic OH excluding ortho intramolecular Hbond substituents is 1. The molecule has 1 unspecified atom stereocenters. The van der Waals surface area contributed by atoms with Crippen LogP contribution in [0.3, 0.4) is 0 Å². The molecule has 0 aliphatic rings. The first-order valence-electron chi connectivity index (χ1n) is 5.62. The van der Waals surface area contributed by atoms with E-state index in [0.29, 0.717) is 23.6 Å². The number of carbonyl (C=O) groups excluding carboxylic acids is 1. The summed E-state index contributed by atoms with van der Waals surface area (Å²) in [7, 11) is 0. The van der Waals surface area contributed by atoms with E-state index in [-0.39, 0.29) is 11.7 Å². The smallest absolute Gasteiger partial charge is 0.251 e. The van der Waals surface area contributed by atoms with Gasteiger partial charge in [0.2, 0.25) is 0 Å². The number of carbonyl (C=O) groups is 1. The van der Waals surface area contributed by atoms with Gasteiger partial charge in [0.25, 0.3) is 5.91 Å². The maximum Gasteiger partial charge on any atom is 0.251 e. The first-order chi connectivity index (χ1) is 8.06. The van der Waals surface area contributed by atoms with Crippen LogP contribution in [0, 0.1) is 12.8 Å². The van der Waals surface area contributed by atoms with Crippen LogP contribution in [0.1, 0.15) is 22.8 Å². The topological polar surface area (TPSA) is 49.3 Å². The van der Waals surface area contributed by atoms with Crippen molar-refractivity contribution >= 4 is 17.7 Å². The van der Waals surface area contributed by atoms with Crippen molar-refractivity contribution in [1.29, 1.82) is 0 Å². The first kappa shape index (κ1) is 13.9. The van der Waals surface area contributed by atoms with Crippen LogP contribution in [0.25, 0.3) is 0 Å². The van der Waals surface area contributed by atoms with Crippen LogP contribution in [-0.4, -0.2) is 29.6 Å². The molecule has 0 aliphatic heterocycles. The maximum atomic E-state index is 11.9. The molecule has 1 aromatic carbocycles. The predicted octanol–water partition coefficient (Wildman–Crippen LogP) is 2.43. The Labute approximate surface area is 107 Å². The molecule has 0 saturated heterocycles. The Balaban J connectivity index is 2.61. The molecule has 0 spiro atoms. The maximum absolute atomic E-state index is 11.9. The number of aromatic hydroxyl groups is 1. The van der Waals surface area contributed by atoms with Crippen molar-refractivity contribution in [2.45, 2.75) is 13.8 Å². The Kier molecular flexibility index (Phi) is 5.35. The third-order valence-corrected chi connectivity index (χ3v) is 3.51. The quantitative estimate of drug-likeness (QED) is 0.847. The molecule has 2 N–H and O–H groups in total. The fourth-order valence-electron chi connectivity index (χ4n) is 1.58. The zero-order valence-corrected chi connectivity index (χ0v) is 11.3. The monoisotopic (exact) mass is 253 g/mol. The van der Waals surface area contributed by atoms with E-state index in [0.717, 1.165) is 5.75 Å². The number of hydrogen-bond acceptors (Lipinski definition) is 3. The summed E-state index contributed by atoms with van der Waals surface area (Å²) in [5.41, 5.74) is 1.17. The standard InChI is InChI=1S/C13H19NO2S/c1-9(8-17-3)7-14-13(16)11-5-4-6-12(15)10(11)2/h4-6,9,15H,7-8H2,1-3H3,(H,14,16). The van der Waals surface area contributed by atoms with Gasteiger partial charge < -0.3 is 10.4 Å². The third kappa shape index (κ3) is 3.97. The fourth-order valence-corrected chi connectivity index (χ4v) is 2.26. The third-order valence-electron chi connectivity index (χ3n) is 2.61. The van der Waals surface area contributed by atoms with Crippen LogP contribution >= 0.6 is 11.8 Å². The lowest BCUT2D eigenvalue weighted by molar-refractivity contribution is 0.0948. The molecule has 0 radical (unpaired) electrons. The lowest BCUT2D eigenvalue weighted by Gasteiger charge is -2.12. The second-order valence-electron chi connectivity index (χ2n) is 4.22. The van der Waals surface area contributed by atoms with E-state index in [1.807, 2.05) is 0 Å². The van der Waals surface area contributed by atoms with E-state index < -0.39 is 0 Å². The largest absolute Gasteiger partial charge is 0.508 e. The molecule has 0 fully saturated rings. The highest BCUT2D eigenvalue weighted by atomic mass is 32.2. The normalized spacial score (nSPS) is 12.2. The van der Waals surface area contributed by atoms with Gasteiger partial charge in [-0.05, 0) is 37.0 Å². The van der Waals surface area contributed by atoms with Crippen molar-refractivity contribution in [2.24, 2.45) is 5.92 Å². The molecule has 0 aromatic heterocycles. The summed E-state index contributed by atoms with van der Waals surface area (Å²) in [5, 5.41) is 12.4. The average molecular weight is 253 g/mol. The SMILES string of the molecule is CSCC(C)CNC(=O)c1cccc(O)c1C. The summed E-state index contributed by atoms with van der Waals surface area (Å²) in [5.74, 6) is 1.52. The molecular formula is C13H19NO2S. The highest BCUT2D eigenvalue weighted by Gasteiger charge is 2.11. The van der Waals surface area contributed by atoms with Gasteiger partial charge in [-0.2, -0.15) is 11.8 Å². The molecule has 17 heavy (non-hydrogen) atoms. The van der Waals surface area contributed by atoms with E-state index >= 15 is 0 Å². The number of rotatable bonds is 5. The molecule has 94 valence electrons. The van der Waals surface area contributed by atoms with E-state index in [1.165, 1.54) is 0 Å². The van der Waals surface area contributed by atoms with Crippen LogP contribution in [-0.2, 0) is 0 Å². The number of thioether (sulfide) groups is 1. The van der Waals surface area contributed by atoms with Gasteiger partial charge >= 0.3 is 0 Å². The van der Waals surface area contributed by atoms with Crippen molar-refractivity contribution < 1.29 is 9.90 Å². The van der Waals surface area contributed by atoms with E-state index in [4.69, 9.17) is 0 Å². The van der Waals surface area contributed by atoms with Gasteiger partial charge in [0.15, 0.2) is 0 Å². The van der Waals surface area contributed by atoms with Crippen LogP contribution in [0.15, 0.2) is 18.2 Å². The zero-order valence-electron chi connectivity index (χ0n) is 10.5. The summed E-state index contributed by atoms with van der Waals surface area (Å²) < 4.78 is 0. The summed E-state index contributed by atoms with van der Waals surface area (Å²) >= 11 is 1.77. The van der Waals surface area contributed by atoms with Gasteiger partial charge in [-0.3, -0.25) is 4.79 Å². The molecule has 1 amide bonds. The Hall–Kier alpha value is -1.16. The predicted molar refractivity (Wildman–Crippen MR) is 72.7 cm³/mol. The number of hydrogen-bond donors (Lipinski definition) is 2. The fraction of sp³-hybridized carbons (Fsp3) is 0.462. The lowest BCUT2D eigenvalue weighted by atomic mass is 10.1. The Morgan fingerprint density at radius 2 is 2.24 bits per heavy atom. The van der Waals surface area contributed by atoms with Crippen molar-refractivity contribution in [2.75, 3.05) is 18.6 Å². The van der Waals surface area contributed by atoms with Crippen molar-refractivity contribution in [3.05, 3.63) is 29.3 Å². The molecule has 0 heterocycles. The average Bonchev–Trinajstić information content (AvgIpc) is 2.30. The molecule has 4 heteroatoms. The second kappa shape index (κ2) is 6.55. The van der Waals surface area contributed by atoms with Crippen LogP contribution in [0.5, 0.6) is 5.75 Å². The van der Waals surface area contributed by atoms with Crippen molar-refractivity contribution in [3.8, 4) is 5.75 Å². The highest BCUT2D eigenvalue weighted by molar-refractivity contribution is 7.98. The number of phenols is 1. The Morgan fingerprint density at radius 1 is 1.53 bits per heavy atom. The summed E-state index contributed by atoms with van der Waals surface area (Å²) in [4.78, 5) is 11.9. The minimum atomic E-state index is -0.119. The first-order valence-corrected chi connectivity index (χ1v) is 7.01. The summed E-state index contributed by atoms with van der Waals surface area (Å²) in [6.07, 6.45) is 2.05. The molecule has 1 aromatic rings. The van der Waals surface area contributed by atoms with Gasteiger partial charge in [-0.25, -0.2) is 0 Å². The van der Waals surface area contributed by atoms with Gasteiger partial charge in [0, 0.05) is 17.7 Å². The van der Waals surface area contributed by atoms with Gasteiger partial charge in [0.1, 0.15) is 5.75 Å². The molecular weight excluding hydrogens is 234 g/mol. The van der Waals surface area contributed by atoms with Crippen molar-refractivity contribution in [3.63, 3.8) is 0 Å². The zero-order chi connectivity index (χ0) is 12.8. The number of amides is 1. The van der Waals surface area contributed by atoms with Gasteiger partial charge in [-0.15, -0.1) is 0 Å².